The van der Waals surface area contributed by atoms with Gasteiger partial charge in [-0.15, -0.1) is 0 Å². The highest BCUT2D eigenvalue weighted by atomic mass is 16.5. The Morgan fingerprint density at radius 1 is 0.139 bits per heavy atom. The lowest BCUT2D eigenvalue weighted by Crippen LogP contribution is -2.10. The fourth-order valence-corrected chi connectivity index (χ4v) is 20.5. The molecule has 15 nitrogen and oxygen atoms in total. The van der Waals surface area contributed by atoms with Gasteiger partial charge in [0.15, 0.2) is 0 Å². The molecule has 0 heterocycles. The third-order valence-electron chi connectivity index (χ3n) is 26.9. The molecule has 144 heavy (non-hydrogen) atoms. The number of ether oxygens (including phenoxy) is 15. The van der Waals surface area contributed by atoms with Gasteiger partial charge in [0.05, 0.1) is 79.3 Å². The molecule has 0 atom stereocenters. The number of fused-ring (bicyclic) bond motifs is 24. The second-order valence-corrected chi connectivity index (χ2v) is 38.8. The van der Waals surface area contributed by atoms with Gasteiger partial charge in [-0.25, -0.2) is 0 Å². The zero-order chi connectivity index (χ0) is 100. The van der Waals surface area contributed by atoms with E-state index >= 15 is 0 Å². The largest absolute Gasteiger partial charge is 0.493 e. The highest BCUT2D eigenvalue weighted by molar-refractivity contribution is 5.68. The third-order valence-corrected chi connectivity index (χ3v) is 26.9. The molecular formula is C129H150O15. The minimum Gasteiger partial charge on any atom is -0.493 e. The average Bonchev–Trinajstić information content (AvgIpc) is 0.756. The van der Waals surface area contributed by atoms with Crippen LogP contribution in [0.2, 0.25) is 0 Å². The smallest absolute Gasteiger partial charge is 0.140 e. The number of hydrogen-bond acceptors (Lipinski definition) is 15. The molecule has 0 aliphatic heterocycles. The van der Waals surface area contributed by atoms with Crippen molar-refractivity contribution < 1.29 is 71.1 Å². The Morgan fingerprint density at radius 2 is 0.236 bits per heavy atom. The van der Waals surface area contributed by atoms with E-state index in [-0.39, 0.29) is 0 Å². The molecule has 3 aliphatic rings. The lowest BCUT2D eigenvalue weighted by atomic mass is 9.91. The molecule has 13 aromatic rings. The van der Waals surface area contributed by atoms with Gasteiger partial charge >= 0.3 is 0 Å². The van der Waals surface area contributed by atoms with Gasteiger partial charge in [-0.05, 0) is 234 Å². The van der Waals surface area contributed by atoms with Crippen LogP contribution in [0.4, 0.5) is 0 Å². The first-order chi connectivity index (χ1) is 70.6. The zero-order valence-electron chi connectivity index (χ0n) is 88.1. The van der Waals surface area contributed by atoms with Crippen molar-refractivity contribution >= 4 is 0 Å². The van der Waals surface area contributed by atoms with Gasteiger partial charge in [0.2, 0.25) is 0 Å². The second-order valence-electron chi connectivity index (χ2n) is 38.8. The Labute approximate surface area is 856 Å². The van der Waals surface area contributed by atoms with E-state index in [4.69, 9.17) is 71.1 Å². The molecule has 0 fully saturated rings. The summed E-state index contributed by atoms with van der Waals surface area (Å²) in [5.74, 6) is 13.7. The molecule has 3 aliphatic carbocycles. The normalized spacial score (nSPS) is 12.6. The summed E-state index contributed by atoms with van der Waals surface area (Å²) in [4.78, 5) is 0. The van der Waals surface area contributed by atoms with E-state index in [1.165, 1.54) is 0 Å². The van der Waals surface area contributed by atoms with Crippen LogP contribution in [0.1, 0.15) is 310 Å². The Hall–Kier alpha value is -13.1. The molecule has 0 aromatic heterocycles. The molecule has 756 valence electrons. The highest BCUT2D eigenvalue weighted by Gasteiger charge is 2.33. The Balaban J connectivity index is 0.947. The van der Waals surface area contributed by atoms with Crippen molar-refractivity contribution in [3.63, 3.8) is 0 Å². The van der Waals surface area contributed by atoms with Gasteiger partial charge < -0.3 is 71.1 Å². The number of benzene rings is 13. The minimum absolute atomic E-state index is 0.444. The molecule has 16 rings (SSSR count). The molecule has 0 amide bonds. The van der Waals surface area contributed by atoms with Crippen LogP contribution in [0.25, 0.3) is 0 Å². The summed E-state index contributed by atoms with van der Waals surface area (Å²) in [7, 11) is 0. The van der Waals surface area contributed by atoms with E-state index < -0.39 is 0 Å². The van der Waals surface area contributed by atoms with Crippen LogP contribution in [0.15, 0.2) is 200 Å². The molecule has 0 unspecified atom stereocenters. The zero-order valence-corrected chi connectivity index (χ0v) is 88.1. The van der Waals surface area contributed by atoms with Crippen molar-refractivity contribution in [1.82, 2.24) is 0 Å². The summed E-state index contributed by atoms with van der Waals surface area (Å²) >= 11 is 0. The summed E-state index contributed by atoms with van der Waals surface area (Å²) < 4.78 is 109. The van der Waals surface area contributed by atoms with E-state index in [1.54, 1.807) is 0 Å². The quantitative estimate of drug-likeness (QED) is 0.0358. The van der Waals surface area contributed by atoms with Crippen LogP contribution >= 0.6 is 0 Å². The minimum atomic E-state index is 0.444. The van der Waals surface area contributed by atoms with Crippen molar-refractivity contribution in [3.8, 4) is 103 Å². The van der Waals surface area contributed by atoms with Gasteiger partial charge in [0.1, 0.15) is 103 Å². The SMILES string of the molecule is CCCOc1c2cccc1Cc1cccc(c1OCCC)Cc1cc(Oc3c(C)c(Oc4cc5c(OCCC)c(c4)Cc4cccc(c4OCCC)Cc4cccc(c4OCCC)Cc4cccc(c4OCCC)C5)c(C)c(Oc4cc5c(OCCC)c(c4)Cc4cccc(c4OCCC)Cc4cccc(c4OCCC)Cc4cccc(c4OCCC)C5)c3C)cc(c1OCCC)Cc1cccc(c1OCCC)C2. The molecule has 0 saturated carbocycles. The van der Waals surface area contributed by atoms with E-state index in [0.717, 1.165) is 296 Å². The summed E-state index contributed by atoms with van der Waals surface area (Å²) in [6, 6.07) is 72.7. The van der Waals surface area contributed by atoms with Gasteiger partial charge in [-0.2, -0.15) is 0 Å². The topological polar surface area (TPSA) is 138 Å². The fourth-order valence-electron chi connectivity index (χ4n) is 20.5. The third kappa shape index (κ3) is 24.6. The molecule has 0 radical (unpaired) electrons. The van der Waals surface area contributed by atoms with Crippen molar-refractivity contribution in [1.29, 1.82) is 0 Å². The van der Waals surface area contributed by atoms with Crippen LogP contribution < -0.4 is 71.1 Å². The van der Waals surface area contributed by atoms with Gasteiger partial charge in [0, 0.05) is 127 Å². The van der Waals surface area contributed by atoms with Gasteiger partial charge in [0.25, 0.3) is 0 Å². The van der Waals surface area contributed by atoms with Crippen LogP contribution in [0.5, 0.6) is 103 Å². The number of hydrogen-bond donors (Lipinski definition) is 0. The van der Waals surface area contributed by atoms with Crippen LogP contribution in [-0.2, 0) is 77.0 Å². The first-order valence-electron chi connectivity index (χ1n) is 53.8. The maximum absolute atomic E-state index is 8.06. The van der Waals surface area contributed by atoms with Crippen molar-refractivity contribution in [2.24, 2.45) is 0 Å². The first kappa shape index (κ1) is 104. The van der Waals surface area contributed by atoms with Crippen LogP contribution in [0.3, 0.4) is 0 Å². The van der Waals surface area contributed by atoms with Crippen molar-refractivity contribution in [2.45, 2.75) is 258 Å². The molecule has 0 N–H and O–H groups in total. The summed E-state index contributed by atoms with van der Waals surface area (Å²) in [5.41, 5.74) is 27.1. The second kappa shape index (κ2) is 50.9. The monoisotopic (exact) mass is 1940 g/mol. The van der Waals surface area contributed by atoms with Gasteiger partial charge in [-0.3, -0.25) is 0 Å². The van der Waals surface area contributed by atoms with E-state index in [9.17, 15) is 0 Å². The maximum atomic E-state index is 8.06. The van der Waals surface area contributed by atoms with E-state index in [1.807, 2.05) is 0 Å². The van der Waals surface area contributed by atoms with E-state index in [2.05, 4.69) is 304 Å². The lowest BCUT2D eigenvalue weighted by molar-refractivity contribution is 0.304. The first-order valence-corrected chi connectivity index (χ1v) is 53.8. The predicted octanol–water partition coefficient (Wildman–Crippen LogP) is 31.5. The highest BCUT2D eigenvalue weighted by Crippen LogP contribution is 2.53. The average molecular weight is 1940 g/mol. The Bertz CT molecular complexity index is 5610. The lowest BCUT2D eigenvalue weighted by Gasteiger charge is -2.26. The summed E-state index contributed by atoms with van der Waals surface area (Å²) in [5, 5.41) is 0. The number of para-hydroxylation sites is 9. The van der Waals surface area contributed by atoms with Crippen molar-refractivity contribution in [2.75, 3.05) is 79.3 Å². The molecule has 13 aromatic carbocycles. The van der Waals surface area contributed by atoms with Crippen LogP contribution in [-0.4, -0.2) is 79.3 Å². The summed E-state index contributed by atoms with van der Waals surface area (Å²) in [6.45, 7) is 38.8. The standard InChI is InChI=1S/C129H150O15/c1-16-55-130-118-88-37-28-38-89(118)68-95-44-32-50-101(122(95)134-59-20-5)74-107-80-112(79-106(127(107)139-64-25-10)73-100-49-31-43-94(67-88)121(100)133-58-19-4)142-115-85(13)116(143-113-81-108-75-102-51-33-45-96(123(102)135-60-21-6)69-90-39-29-40-91(119(90)131-56-17-2)70-97-46-34-52-103(124(97)136-61-22-7)76-109(82-113)128(108)140-65-26-11)87(15)117(86(115)14)144-114-83-110-77-104-53-35-47-98(125(104)137-62-23-8)71-92-41-30-42-93(120(92)132-57-18-3)72-99-48-36-54-105(126(99)138-63-24-9)78-111(84-114)129(110)141-66-27-12/h28-54,79-84H,16-27,55-78H2,1-15H3. The fraction of sp³-hybridized carbons (Fsp3) is 0.395. The predicted molar refractivity (Wildman–Crippen MR) is 581 cm³/mol. The van der Waals surface area contributed by atoms with E-state index in [0.29, 0.717) is 191 Å². The van der Waals surface area contributed by atoms with Crippen LogP contribution in [0, 0.1) is 20.8 Å². The van der Waals surface area contributed by atoms with Crippen molar-refractivity contribution in [3.05, 3.63) is 350 Å². The number of rotatable bonds is 42. The molecular weight excluding hydrogens is 1790 g/mol. The Morgan fingerprint density at radius 3 is 0.340 bits per heavy atom. The Kier molecular flexibility index (Phi) is 36.7. The van der Waals surface area contributed by atoms with Gasteiger partial charge in [-0.1, -0.05) is 247 Å². The summed E-state index contributed by atoms with van der Waals surface area (Å²) in [6.07, 6.45) is 16.0. The molecule has 24 bridgehead atoms. The molecule has 0 saturated heterocycles. The molecule has 0 spiro atoms. The maximum Gasteiger partial charge on any atom is 0.140 e. The molecule has 15 heteroatoms.